The molecule has 0 saturated carbocycles. The summed E-state index contributed by atoms with van der Waals surface area (Å²) in [5.74, 6) is -0.529. The molecule has 3 aromatic rings. The molecule has 3 aromatic carbocycles. The molecule has 7 nitrogen and oxygen atoms in total. The van der Waals surface area contributed by atoms with Crippen LogP contribution in [0, 0.1) is 0 Å². The Bertz CT molecular complexity index is 1240. The zero-order chi connectivity index (χ0) is 26.8. The van der Waals surface area contributed by atoms with Gasteiger partial charge in [-0.3, -0.25) is 0 Å². The van der Waals surface area contributed by atoms with Gasteiger partial charge in [-0.15, -0.1) is 0 Å². The molecule has 0 saturated heterocycles. The highest BCUT2D eigenvalue weighted by Crippen LogP contribution is 2.22. The van der Waals surface area contributed by atoms with Crippen molar-refractivity contribution in [2.45, 2.75) is 25.6 Å². The predicted molar refractivity (Wildman–Crippen MR) is 133 cm³/mol. The maximum absolute atomic E-state index is 12.3. The standard InChI is InChI=1S/C27H25F3N2O5/c28-27(29,30)14-1-15-35-22-11-6-19(7-12-22)26(34)37-23-9-2-18(3-10-23)4-13-25(33)36-17-20-5-8-21(31)16-24(20)32/h2-13,16H,1,14-15,17,31-32H2. The van der Waals surface area contributed by atoms with Crippen molar-refractivity contribution in [3.8, 4) is 11.5 Å². The molecule has 0 amide bonds. The number of halogens is 3. The molecule has 3 rings (SSSR count). The molecule has 0 aliphatic carbocycles. The van der Waals surface area contributed by atoms with E-state index in [0.29, 0.717) is 28.3 Å². The van der Waals surface area contributed by atoms with Crippen LogP contribution in [0.1, 0.15) is 34.3 Å². The summed E-state index contributed by atoms with van der Waals surface area (Å²) in [6.45, 7) is -0.0750. The highest BCUT2D eigenvalue weighted by molar-refractivity contribution is 5.91. The average Bonchev–Trinajstić information content (AvgIpc) is 2.85. The van der Waals surface area contributed by atoms with Crippen LogP contribution in [0.3, 0.4) is 0 Å². The van der Waals surface area contributed by atoms with Crippen LogP contribution in [0.25, 0.3) is 6.08 Å². The second-order valence-electron chi connectivity index (χ2n) is 7.95. The highest BCUT2D eigenvalue weighted by Gasteiger charge is 2.26. The zero-order valence-electron chi connectivity index (χ0n) is 19.7. The number of nitrogens with two attached hydrogens (primary N) is 2. The Kier molecular flexibility index (Phi) is 9.15. The van der Waals surface area contributed by atoms with Crippen molar-refractivity contribution >= 4 is 29.4 Å². The predicted octanol–water partition coefficient (Wildman–Crippen LogP) is 5.55. The van der Waals surface area contributed by atoms with Gasteiger partial charge in [0.05, 0.1) is 12.2 Å². The monoisotopic (exact) mass is 514 g/mol. The number of rotatable bonds is 10. The fraction of sp³-hybridized carbons (Fsp3) is 0.185. The first kappa shape index (κ1) is 27.1. The third kappa shape index (κ3) is 9.25. The van der Waals surface area contributed by atoms with E-state index in [2.05, 4.69) is 0 Å². The molecule has 0 radical (unpaired) electrons. The molecule has 194 valence electrons. The van der Waals surface area contributed by atoms with Crippen LogP contribution in [0.4, 0.5) is 24.5 Å². The Morgan fingerprint density at radius 1 is 0.892 bits per heavy atom. The first-order chi connectivity index (χ1) is 17.6. The van der Waals surface area contributed by atoms with E-state index in [4.69, 9.17) is 25.7 Å². The lowest BCUT2D eigenvalue weighted by molar-refractivity contribution is -0.139. The normalized spacial score (nSPS) is 11.3. The Morgan fingerprint density at radius 3 is 2.22 bits per heavy atom. The summed E-state index contributed by atoms with van der Waals surface area (Å²) in [6.07, 6.45) is -2.48. The molecule has 0 aromatic heterocycles. The lowest BCUT2D eigenvalue weighted by atomic mass is 10.2. The van der Waals surface area contributed by atoms with E-state index in [-0.39, 0.29) is 30.9 Å². The molecular weight excluding hydrogens is 489 g/mol. The van der Waals surface area contributed by atoms with Crippen LogP contribution in [-0.2, 0) is 16.1 Å². The summed E-state index contributed by atoms with van der Waals surface area (Å²) in [5, 5.41) is 0. The van der Waals surface area contributed by atoms with Crippen molar-refractivity contribution < 1.29 is 37.0 Å². The van der Waals surface area contributed by atoms with Gasteiger partial charge in [0.15, 0.2) is 0 Å². The van der Waals surface area contributed by atoms with Crippen LogP contribution in [0.2, 0.25) is 0 Å². The van der Waals surface area contributed by atoms with Gasteiger partial charge in [0.1, 0.15) is 18.1 Å². The molecule has 0 heterocycles. The quantitative estimate of drug-likeness (QED) is 0.120. The van der Waals surface area contributed by atoms with E-state index in [1.54, 1.807) is 48.5 Å². The lowest BCUT2D eigenvalue weighted by Gasteiger charge is -2.09. The second-order valence-corrected chi connectivity index (χ2v) is 7.95. The van der Waals surface area contributed by atoms with Crippen molar-refractivity contribution in [3.63, 3.8) is 0 Å². The SMILES string of the molecule is Nc1ccc(COC(=O)C=Cc2ccc(OC(=O)c3ccc(OCCCC(F)(F)F)cc3)cc2)c(N)c1. The van der Waals surface area contributed by atoms with Gasteiger partial charge >= 0.3 is 18.1 Å². The van der Waals surface area contributed by atoms with E-state index in [1.807, 2.05) is 0 Å². The van der Waals surface area contributed by atoms with Crippen LogP contribution in [0.5, 0.6) is 11.5 Å². The molecule has 37 heavy (non-hydrogen) atoms. The van der Waals surface area contributed by atoms with Crippen LogP contribution in [-0.4, -0.2) is 24.7 Å². The Labute approximate surface area is 211 Å². The van der Waals surface area contributed by atoms with Crippen molar-refractivity contribution in [3.05, 3.63) is 89.5 Å². The highest BCUT2D eigenvalue weighted by atomic mass is 19.4. The molecule has 0 atom stereocenters. The van der Waals surface area contributed by atoms with Gasteiger partial charge in [0.2, 0.25) is 0 Å². The number of alkyl halides is 3. The van der Waals surface area contributed by atoms with Gasteiger partial charge in [-0.05, 0) is 66.6 Å². The molecule has 0 fully saturated rings. The average molecular weight is 515 g/mol. The summed E-state index contributed by atoms with van der Waals surface area (Å²) >= 11 is 0. The first-order valence-corrected chi connectivity index (χ1v) is 11.2. The Hall–Kier alpha value is -4.47. The number of hydrogen-bond acceptors (Lipinski definition) is 7. The van der Waals surface area contributed by atoms with Crippen molar-refractivity contribution in [1.29, 1.82) is 0 Å². The van der Waals surface area contributed by atoms with Crippen molar-refractivity contribution in [2.75, 3.05) is 18.1 Å². The van der Waals surface area contributed by atoms with Crippen LogP contribution < -0.4 is 20.9 Å². The number of esters is 2. The number of hydrogen-bond donors (Lipinski definition) is 2. The van der Waals surface area contributed by atoms with Gasteiger partial charge in [0, 0.05) is 29.4 Å². The molecule has 0 unspecified atom stereocenters. The molecule has 0 bridgehead atoms. The number of ether oxygens (including phenoxy) is 3. The maximum Gasteiger partial charge on any atom is 0.389 e. The fourth-order valence-corrected chi connectivity index (χ4v) is 3.07. The minimum Gasteiger partial charge on any atom is -0.494 e. The summed E-state index contributed by atoms with van der Waals surface area (Å²) < 4.78 is 52.2. The van der Waals surface area contributed by atoms with Crippen molar-refractivity contribution in [1.82, 2.24) is 0 Å². The molecule has 0 spiro atoms. The number of nitrogen functional groups attached to an aromatic ring is 2. The van der Waals surface area contributed by atoms with E-state index in [1.165, 1.54) is 30.3 Å². The molecule has 0 aliphatic heterocycles. The molecule has 10 heteroatoms. The van der Waals surface area contributed by atoms with Gasteiger partial charge in [-0.1, -0.05) is 18.2 Å². The second kappa shape index (κ2) is 12.5. The number of anilines is 2. The van der Waals surface area contributed by atoms with Crippen LogP contribution >= 0.6 is 0 Å². The van der Waals surface area contributed by atoms with Gasteiger partial charge in [0.25, 0.3) is 0 Å². The zero-order valence-corrected chi connectivity index (χ0v) is 19.7. The van der Waals surface area contributed by atoms with Crippen LogP contribution in [0.15, 0.2) is 72.8 Å². The summed E-state index contributed by atoms with van der Waals surface area (Å²) in [5.41, 5.74) is 14.0. The summed E-state index contributed by atoms with van der Waals surface area (Å²) in [6, 6.07) is 17.3. The molecule has 4 N–H and O–H groups in total. The van der Waals surface area contributed by atoms with Gasteiger partial charge in [-0.2, -0.15) is 13.2 Å². The summed E-state index contributed by atoms with van der Waals surface area (Å²) in [7, 11) is 0. The van der Waals surface area contributed by atoms with Gasteiger partial charge < -0.3 is 25.7 Å². The largest absolute Gasteiger partial charge is 0.494 e. The van der Waals surface area contributed by atoms with E-state index in [0.717, 1.165) is 0 Å². The minimum absolute atomic E-state index is 0.00926. The van der Waals surface area contributed by atoms with Gasteiger partial charge in [-0.25, -0.2) is 9.59 Å². The van der Waals surface area contributed by atoms with E-state index >= 15 is 0 Å². The lowest BCUT2D eigenvalue weighted by Crippen LogP contribution is -2.10. The smallest absolute Gasteiger partial charge is 0.389 e. The minimum atomic E-state index is -4.22. The molecular formula is C27H25F3N2O5. The Morgan fingerprint density at radius 2 is 1.57 bits per heavy atom. The number of carbonyl (C=O) groups is 2. The Balaban J connectivity index is 1.45. The summed E-state index contributed by atoms with van der Waals surface area (Å²) in [4.78, 5) is 24.3. The third-order valence-corrected chi connectivity index (χ3v) is 5.01. The topological polar surface area (TPSA) is 114 Å². The first-order valence-electron chi connectivity index (χ1n) is 11.2. The number of carbonyl (C=O) groups excluding carboxylic acids is 2. The van der Waals surface area contributed by atoms with E-state index < -0.39 is 24.5 Å². The van der Waals surface area contributed by atoms with E-state index in [9.17, 15) is 22.8 Å². The van der Waals surface area contributed by atoms with Crippen molar-refractivity contribution in [2.24, 2.45) is 0 Å². The fourth-order valence-electron chi connectivity index (χ4n) is 3.07. The molecule has 0 aliphatic rings. The maximum atomic E-state index is 12.3. The number of benzene rings is 3. The third-order valence-electron chi connectivity index (χ3n) is 5.01.